The first kappa shape index (κ1) is 33.0. The molecule has 0 spiro atoms. The van der Waals surface area contributed by atoms with Crippen molar-refractivity contribution < 1.29 is 38.8 Å². The molecule has 229 valence electrons. The van der Waals surface area contributed by atoms with E-state index in [9.17, 15) is 14.3 Å². The molecule has 1 radical (unpaired) electrons. The van der Waals surface area contributed by atoms with Gasteiger partial charge in [-0.3, -0.25) is 4.79 Å². The van der Waals surface area contributed by atoms with Crippen LogP contribution in [-0.4, -0.2) is 15.9 Å². The number of hydrogen-bond donors (Lipinski definition) is 1. The molecule has 44 heavy (non-hydrogen) atoms. The van der Waals surface area contributed by atoms with Crippen LogP contribution in [0.1, 0.15) is 54.4 Å². The number of fused-ring (bicyclic) bond motifs is 6. The van der Waals surface area contributed by atoms with Crippen LogP contribution in [0.15, 0.2) is 95.2 Å². The topological polar surface area (TPSA) is 63.3 Å². The van der Waals surface area contributed by atoms with Gasteiger partial charge in [-0.25, -0.2) is 4.39 Å². The molecule has 2 heterocycles. The number of pyridine rings is 1. The standard InChI is InChI=1S/C25H13FNO.C13H24O2.Ir/c26-22-6-3-5-16-17-12-13-27-25(21(17)11-10-18(16)22)15-8-9-20-19-4-1-2-7-23(19)28-24(20)14-15;1-7-12(3,4)10(14)9-11(15)13(5,6)8-2;/h1-7,9-14H;9,14H,7-8H2,1-6H3;/q-1;;/b;10-9-;. The summed E-state index contributed by atoms with van der Waals surface area (Å²) in [4.78, 5) is 16.4. The summed E-state index contributed by atoms with van der Waals surface area (Å²) in [6.07, 6.45) is 4.75. The quantitative estimate of drug-likeness (QED) is 0.0794. The van der Waals surface area contributed by atoms with Crippen LogP contribution in [0.2, 0.25) is 0 Å². The van der Waals surface area contributed by atoms with Gasteiger partial charge in [-0.05, 0) is 58.3 Å². The molecular formula is C38H37FIrNO3-. The predicted molar refractivity (Wildman–Crippen MR) is 175 cm³/mol. The maximum absolute atomic E-state index is 14.2. The zero-order chi connectivity index (χ0) is 30.9. The van der Waals surface area contributed by atoms with Gasteiger partial charge in [-0.2, -0.15) is 0 Å². The van der Waals surface area contributed by atoms with Gasteiger partial charge in [0.05, 0.1) is 5.58 Å². The molecule has 0 aliphatic rings. The number of rotatable bonds is 6. The van der Waals surface area contributed by atoms with Crippen LogP contribution in [0.3, 0.4) is 0 Å². The van der Waals surface area contributed by atoms with Crippen molar-refractivity contribution in [3.05, 3.63) is 103 Å². The average molecular weight is 767 g/mol. The monoisotopic (exact) mass is 767 g/mol. The fourth-order valence-corrected chi connectivity index (χ4v) is 4.87. The van der Waals surface area contributed by atoms with Crippen LogP contribution in [0, 0.1) is 22.7 Å². The van der Waals surface area contributed by atoms with Crippen molar-refractivity contribution in [2.75, 3.05) is 0 Å². The Hall–Kier alpha value is -3.86. The Morgan fingerprint density at radius 2 is 1.50 bits per heavy atom. The molecule has 4 aromatic carbocycles. The SMILES string of the molecule is CCC(C)(C)C(=O)/C=C(\O)C(C)(C)CC.Fc1cccc2c1ccc1c(-c3[c-]cc4c(c3)oc3ccccc34)nccc12.[Ir]. The third-order valence-electron chi connectivity index (χ3n) is 8.71. The Bertz CT molecular complexity index is 2000. The number of nitrogens with zero attached hydrogens (tertiary/aromatic N) is 1. The number of benzene rings is 4. The van der Waals surface area contributed by atoms with E-state index < -0.39 is 0 Å². The number of carbonyl (C=O) groups excluding carboxylic acids is 1. The number of halogens is 1. The maximum Gasteiger partial charge on any atom is 0.164 e. The van der Waals surface area contributed by atoms with Gasteiger partial charge in [0.1, 0.15) is 17.2 Å². The molecule has 4 nitrogen and oxygen atoms in total. The molecule has 2 aromatic heterocycles. The zero-order valence-corrected chi connectivity index (χ0v) is 28.3. The normalized spacial score (nSPS) is 12.3. The fourth-order valence-electron chi connectivity index (χ4n) is 4.87. The number of aromatic nitrogens is 1. The van der Waals surface area contributed by atoms with Crippen LogP contribution in [-0.2, 0) is 24.9 Å². The molecule has 6 aromatic rings. The van der Waals surface area contributed by atoms with Gasteiger partial charge in [-0.15, -0.1) is 17.7 Å². The number of carbonyl (C=O) groups is 1. The number of aliphatic hydroxyl groups excluding tert-OH is 1. The van der Waals surface area contributed by atoms with Gasteiger partial charge in [0.15, 0.2) is 5.78 Å². The number of para-hydroxylation sites is 1. The van der Waals surface area contributed by atoms with Crippen molar-refractivity contribution in [1.29, 1.82) is 0 Å². The van der Waals surface area contributed by atoms with Gasteiger partial charge in [0, 0.05) is 48.6 Å². The number of ketones is 1. The molecule has 0 saturated heterocycles. The molecule has 0 amide bonds. The van der Waals surface area contributed by atoms with E-state index in [1.165, 1.54) is 12.1 Å². The number of hydrogen-bond acceptors (Lipinski definition) is 4. The Morgan fingerprint density at radius 1 is 0.841 bits per heavy atom. The zero-order valence-electron chi connectivity index (χ0n) is 25.9. The molecule has 0 atom stereocenters. The predicted octanol–water partition coefficient (Wildman–Crippen LogP) is 10.8. The van der Waals surface area contributed by atoms with Gasteiger partial charge < -0.3 is 14.5 Å². The van der Waals surface area contributed by atoms with E-state index >= 15 is 0 Å². The van der Waals surface area contributed by atoms with E-state index in [-0.39, 0.29) is 48.3 Å². The summed E-state index contributed by atoms with van der Waals surface area (Å²) in [5.74, 6) is -0.0198. The van der Waals surface area contributed by atoms with Gasteiger partial charge >= 0.3 is 0 Å². The molecule has 0 aliphatic heterocycles. The largest absolute Gasteiger partial charge is 0.512 e. The smallest absolute Gasteiger partial charge is 0.164 e. The van der Waals surface area contributed by atoms with Crippen molar-refractivity contribution in [1.82, 2.24) is 4.98 Å². The minimum Gasteiger partial charge on any atom is -0.512 e. The summed E-state index contributed by atoms with van der Waals surface area (Å²) in [6.45, 7) is 11.7. The molecular weight excluding hydrogens is 730 g/mol. The molecule has 0 bridgehead atoms. The van der Waals surface area contributed by atoms with Crippen LogP contribution >= 0.6 is 0 Å². The van der Waals surface area contributed by atoms with E-state index in [1.807, 2.05) is 102 Å². The van der Waals surface area contributed by atoms with Crippen LogP contribution in [0.25, 0.3) is 54.7 Å². The first-order valence-electron chi connectivity index (χ1n) is 14.7. The van der Waals surface area contributed by atoms with Crippen molar-refractivity contribution in [3.8, 4) is 11.3 Å². The van der Waals surface area contributed by atoms with Crippen LogP contribution in [0.5, 0.6) is 0 Å². The fraction of sp³-hybridized carbons (Fsp3) is 0.263. The third kappa shape index (κ3) is 6.33. The summed E-state index contributed by atoms with van der Waals surface area (Å²) in [6, 6.07) is 26.1. The summed E-state index contributed by atoms with van der Waals surface area (Å²) in [5, 5.41) is 15.4. The molecule has 1 N–H and O–H groups in total. The van der Waals surface area contributed by atoms with Crippen LogP contribution in [0.4, 0.5) is 4.39 Å². The summed E-state index contributed by atoms with van der Waals surface area (Å²) in [7, 11) is 0. The molecule has 0 fully saturated rings. The van der Waals surface area contributed by atoms with Crippen molar-refractivity contribution in [2.45, 2.75) is 54.4 Å². The molecule has 0 unspecified atom stereocenters. The summed E-state index contributed by atoms with van der Waals surface area (Å²) >= 11 is 0. The van der Waals surface area contributed by atoms with Crippen LogP contribution < -0.4 is 0 Å². The van der Waals surface area contributed by atoms with E-state index in [4.69, 9.17) is 4.42 Å². The number of furan rings is 1. The van der Waals surface area contributed by atoms with Crippen molar-refractivity contribution in [2.24, 2.45) is 10.8 Å². The Balaban J connectivity index is 0.000000239. The minimum absolute atomic E-state index is 0. The number of allylic oxidation sites excluding steroid dienone is 2. The second-order valence-corrected chi connectivity index (χ2v) is 12.2. The Morgan fingerprint density at radius 3 is 2.23 bits per heavy atom. The molecule has 6 heteroatoms. The molecule has 0 aliphatic carbocycles. The first-order chi connectivity index (χ1) is 20.5. The summed E-state index contributed by atoms with van der Waals surface area (Å²) in [5.41, 5.74) is 2.65. The van der Waals surface area contributed by atoms with Crippen molar-refractivity contribution >= 4 is 49.3 Å². The second-order valence-electron chi connectivity index (χ2n) is 12.2. The Kier molecular flexibility index (Phi) is 9.77. The average Bonchev–Trinajstić information content (AvgIpc) is 3.39. The van der Waals surface area contributed by atoms with E-state index in [1.54, 1.807) is 12.3 Å². The molecule has 6 rings (SSSR count). The molecule has 0 saturated carbocycles. The summed E-state index contributed by atoms with van der Waals surface area (Å²) < 4.78 is 20.2. The second kappa shape index (κ2) is 13.0. The van der Waals surface area contributed by atoms with E-state index in [0.29, 0.717) is 5.39 Å². The van der Waals surface area contributed by atoms with E-state index in [2.05, 4.69) is 11.1 Å². The van der Waals surface area contributed by atoms with Gasteiger partial charge in [-0.1, -0.05) is 95.5 Å². The van der Waals surface area contributed by atoms with Gasteiger partial charge in [0.25, 0.3) is 0 Å². The van der Waals surface area contributed by atoms with Gasteiger partial charge in [0.2, 0.25) is 0 Å². The van der Waals surface area contributed by atoms with E-state index in [0.717, 1.165) is 62.2 Å². The van der Waals surface area contributed by atoms with Crippen molar-refractivity contribution in [3.63, 3.8) is 0 Å². The third-order valence-corrected chi connectivity index (χ3v) is 8.71. The maximum atomic E-state index is 14.2. The minimum atomic E-state index is -0.377. The Labute approximate surface area is 271 Å². The first-order valence-corrected chi connectivity index (χ1v) is 14.7. The number of aliphatic hydroxyl groups is 1.